The van der Waals surface area contributed by atoms with Crippen LogP contribution < -0.4 is 10.6 Å². The predicted octanol–water partition coefficient (Wildman–Crippen LogP) is 1.75. The van der Waals surface area contributed by atoms with E-state index >= 15 is 0 Å². The van der Waals surface area contributed by atoms with Crippen molar-refractivity contribution in [2.75, 3.05) is 18.0 Å². The van der Waals surface area contributed by atoms with E-state index in [9.17, 15) is 4.39 Å². The number of piperidine rings is 1. The number of anilines is 1. The Kier molecular flexibility index (Phi) is 2.68. The van der Waals surface area contributed by atoms with Crippen molar-refractivity contribution >= 4 is 5.69 Å². The molecule has 2 rings (SSSR count). The Labute approximate surface area is 83.5 Å². The van der Waals surface area contributed by atoms with Gasteiger partial charge in [0.05, 0.1) is 0 Å². The molecule has 0 spiro atoms. The van der Waals surface area contributed by atoms with Crippen molar-refractivity contribution in [3.05, 3.63) is 30.1 Å². The second kappa shape index (κ2) is 3.96. The summed E-state index contributed by atoms with van der Waals surface area (Å²) < 4.78 is 12.7. The zero-order chi connectivity index (χ0) is 9.97. The van der Waals surface area contributed by atoms with Crippen molar-refractivity contribution in [2.45, 2.75) is 18.9 Å². The molecule has 1 saturated heterocycles. The van der Waals surface area contributed by atoms with Crippen LogP contribution in [0.25, 0.3) is 0 Å². The third kappa shape index (κ3) is 2.04. The molecule has 0 unspecified atom stereocenters. The van der Waals surface area contributed by atoms with E-state index in [-0.39, 0.29) is 11.9 Å². The number of benzene rings is 1. The Morgan fingerprint density at radius 3 is 2.64 bits per heavy atom. The van der Waals surface area contributed by atoms with Crippen LogP contribution in [0.4, 0.5) is 10.1 Å². The summed E-state index contributed by atoms with van der Waals surface area (Å²) in [6.45, 7) is 1.91. The zero-order valence-electron chi connectivity index (χ0n) is 8.12. The van der Waals surface area contributed by atoms with Crippen molar-refractivity contribution in [2.24, 2.45) is 5.73 Å². The molecule has 14 heavy (non-hydrogen) atoms. The highest BCUT2D eigenvalue weighted by Gasteiger charge is 2.16. The minimum Gasteiger partial charge on any atom is -0.370 e. The molecular weight excluding hydrogens is 179 g/mol. The fraction of sp³-hybridized carbons (Fsp3) is 0.455. The number of hydrogen-bond donors (Lipinski definition) is 1. The van der Waals surface area contributed by atoms with Gasteiger partial charge in [0, 0.05) is 24.8 Å². The molecule has 0 bridgehead atoms. The fourth-order valence-corrected chi connectivity index (χ4v) is 1.90. The number of hydrogen-bond acceptors (Lipinski definition) is 2. The van der Waals surface area contributed by atoms with E-state index in [0.717, 1.165) is 31.6 Å². The van der Waals surface area contributed by atoms with Gasteiger partial charge in [0.2, 0.25) is 0 Å². The van der Waals surface area contributed by atoms with Gasteiger partial charge in [-0.15, -0.1) is 0 Å². The zero-order valence-corrected chi connectivity index (χ0v) is 8.12. The van der Waals surface area contributed by atoms with Gasteiger partial charge < -0.3 is 10.6 Å². The standard InChI is InChI=1S/C11H15FN2/c12-9-3-5-11(6-4-9)14-7-1-2-10(13)8-14/h3-6,10H,1-2,7-8,13H2/t10-/m1/s1. The summed E-state index contributed by atoms with van der Waals surface area (Å²) >= 11 is 0. The van der Waals surface area contributed by atoms with Gasteiger partial charge in [-0.25, -0.2) is 4.39 Å². The van der Waals surface area contributed by atoms with Crippen molar-refractivity contribution in [3.63, 3.8) is 0 Å². The maximum absolute atomic E-state index is 12.7. The van der Waals surface area contributed by atoms with Gasteiger partial charge in [-0.2, -0.15) is 0 Å². The first kappa shape index (κ1) is 9.46. The summed E-state index contributed by atoms with van der Waals surface area (Å²) in [5.74, 6) is -0.185. The second-order valence-electron chi connectivity index (χ2n) is 3.82. The van der Waals surface area contributed by atoms with Crippen LogP contribution in [-0.4, -0.2) is 19.1 Å². The molecule has 1 aromatic carbocycles. The van der Waals surface area contributed by atoms with Crippen LogP contribution in [-0.2, 0) is 0 Å². The van der Waals surface area contributed by atoms with Crippen molar-refractivity contribution in [3.8, 4) is 0 Å². The highest BCUT2D eigenvalue weighted by atomic mass is 19.1. The molecule has 1 aliphatic rings. The summed E-state index contributed by atoms with van der Waals surface area (Å²) in [6.07, 6.45) is 2.22. The van der Waals surface area contributed by atoms with Crippen molar-refractivity contribution in [1.82, 2.24) is 0 Å². The van der Waals surface area contributed by atoms with E-state index in [1.165, 1.54) is 12.1 Å². The lowest BCUT2D eigenvalue weighted by atomic mass is 10.1. The Hall–Kier alpha value is -1.09. The second-order valence-corrected chi connectivity index (χ2v) is 3.82. The molecule has 0 aliphatic carbocycles. The van der Waals surface area contributed by atoms with Crippen LogP contribution in [0.2, 0.25) is 0 Å². The third-order valence-corrected chi connectivity index (χ3v) is 2.65. The highest BCUT2D eigenvalue weighted by Crippen LogP contribution is 2.19. The maximum atomic E-state index is 12.7. The van der Waals surface area contributed by atoms with Gasteiger partial charge in [-0.3, -0.25) is 0 Å². The smallest absolute Gasteiger partial charge is 0.123 e. The van der Waals surface area contributed by atoms with Crippen LogP contribution in [0.15, 0.2) is 24.3 Å². The summed E-state index contributed by atoms with van der Waals surface area (Å²) in [7, 11) is 0. The molecule has 0 saturated carbocycles. The number of rotatable bonds is 1. The van der Waals surface area contributed by atoms with Crippen molar-refractivity contribution < 1.29 is 4.39 Å². The summed E-state index contributed by atoms with van der Waals surface area (Å²) in [5.41, 5.74) is 6.95. The van der Waals surface area contributed by atoms with Gasteiger partial charge in [0.25, 0.3) is 0 Å². The average Bonchev–Trinajstić information content (AvgIpc) is 2.19. The van der Waals surface area contributed by atoms with Crippen LogP contribution in [0.5, 0.6) is 0 Å². The van der Waals surface area contributed by atoms with E-state index < -0.39 is 0 Å². The molecular formula is C11H15FN2. The van der Waals surface area contributed by atoms with Crippen LogP contribution in [0, 0.1) is 5.82 Å². The third-order valence-electron chi connectivity index (χ3n) is 2.65. The molecule has 1 atom stereocenters. The first-order chi connectivity index (χ1) is 6.75. The normalized spacial score (nSPS) is 22.4. The lowest BCUT2D eigenvalue weighted by molar-refractivity contribution is 0.506. The molecule has 1 aliphatic heterocycles. The molecule has 76 valence electrons. The lowest BCUT2D eigenvalue weighted by Gasteiger charge is -2.32. The van der Waals surface area contributed by atoms with Crippen molar-refractivity contribution in [1.29, 1.82) is 0 Å². The molecule has 0 amide bonds. The average molecular weight is 194 g/mol. The molecule has 0 aromatic heterocycles. The Balaban J connectivity index is 2.10. The molecule has 1 aromatic rings. The van der Waals surface area contributed by atoms with Gasteiger partial charge in [-0.05, 0) is 37.1 Å². The van der Waals surface area contributed by atoms with E-state index in [1.807, 2.05) is 12.1 Å². The number of halogens is 1. The molecule has 0 radical (unpaired) electrons. The van der Waals surface area contributed by atoms with Crippen LogP contribution >= 0.6 is 0 Å². The first-order valence-corrected chi connectivity index (χ1v) is 5.02. The molecule has 1 fully saturated rings. The Morgan fingerprint density at radius 2 is 2.00 bits per heavy atom. The Morgan fingerprint density at radius 1 is 1.29 bits per heavy atom. The van der Waals surface area contributed by atoms with E-state index in [0.29, 0.717) is 0 Å². The maximum Gasteiger partial charge on any atom is 0.123 e. The van der Waals surface area contributed by atoms with E-state index in [4.69, 9.17) is 5.73 Å². The summed E-state index contributed by atoms with van der Waals surface area (Å²) in [4.78, 5) is 2.22. The minimum atomic E-state index is -0.185. The van der Waals surface area contributed by atoms with Gasteiger partial charge in [0.15, 0.2) is 0 Å². The molecule has 3 heteroatoms. The lowest BCUT2D eigenvalue weighted by Crippen LogP contribution is -2.42. The first-order valence-electron chi connectivity index (χ1n) is 5.02. The van der Waals surface area contributed by atoms with Gasteiger partial charge in [-0.1, -0.05) is 0 Å². The monoisotopic (exact) mass is 194 g/mol. The van der Waals surface area contributed by atoms with Crippen LogP contribution in [0.1, 0.15) is 12.8 Å². The minimum absolute atomic E-state index is 0.185. The predicted molar refractivity (Wildman–Crippen MR) is 55.8 cm³/mol. The number of nitrogens with two attached hydrogens (primary N) is 1. The Bertz CT molecular complexity index is 297. The van der Waals surface area contributed by atoms with E-state index in [1.54, 1.807) is 0 Å². The van der Waals surface area contributed by atoms with Gasteiger partial charge in [0.1, 0.15) is 5.82 Å². The number of nitrogens with zero attached hydrogens (tertiary/aromatic N) is 1. The highest BCUT2D eigenvalue weighted by molar-refractivity contribution is 5.46. The summed E-state index contributed by atoms with van der Waals surface area (Å²) in [5, 5.41) is 0. The fourth-order valence-electron chi connectivity index (χ4n) is 1.90. The largest absolute Gasteiger partial charge is 0.370 e. The topological polar surface area (TPSA) is 29.3 Å². The molecule has 2 N–H and O–H groups in total. The van der Waals surface area contributed by atoms with E-state index in [2.05, 4.69) is 4.90 Å². The summed E-state index contributed by atoms with van der Waals surface area (Å²) in [6, 6.07) is 6.87. The molecule has 2 nitrogen and oxygen atoms in total. The van der Waals surface area contributed by atoms with Gasteiger partial charge >= 0.3 is 0 Å². The quantitative estimate of drug-likeness (QED) is 0.738. The SMILES string of the molecule is N[C@@H]1CCCN(c2ccc(F)cc2)C1. The van der Waals surface area contributed by atoms with Crippen LogP contribution in [0.3, 0.4) is 0 Å². The molecule has 1 heterocycles.